The first-order chi connectivity index (χ1) is 23.7. The summed E-state index contributed by atoms with van der Waals surface area (Å²) in [5, 5.41) is 0. The standard InChI is InChI=1S/C19H32O2.C14H26O2.C12H22O2.3CH4/c1-6-7-12-8-11(2)16-13-9-14(17(12)16)15(10-13)18(20)21-19(3,4)5;1-6-7-11-8-10(2)9-12(11)13(15)16-14(3,4)5;1-5-6-10-7-9(2)8-12(10,3)11(13)14-4;;;/h11-17H,6-10H2,1-5H3;10-12H,6-9H2,1-5H3;9-10H,5-8H2,1-4H3;3*1H4. The Balaban J connectivity index is 0.000000778. The van der Waals surface area contributed by atoms with E-state index in [2.05, 4.69) is 48.5 Å². The van der Waals surface area contributed by atoms with Crippen molar-refractivity contribution in [2.24, 2.45) is 76.4 Å². The van der Waals surface area contributed by atoms with Crippen molar-refractivity contribution < 1.29 is 28.6 Å². The molecule has 5 saturated carbocycles. The van der Waals surface area contributed by atoms with E-state index in [0.29, 0.717) is 29.6 Å². The third kappa shape index (κ3) is 13.2. The molecule has 5 fully saturated rings. The molecule has 0 N–H and O–H groups in total. The number of fused-ring (bicyclic) bond motifs is 5. The Morgan fingerprint density at radius 3 is 1.65 bits per heavy atom. The van der Waals surface area contributed by atoms with Gasteiger partial charge in [0.1, 0.15) is 11.2 Å². The number of ether oxygens (including phenoxy) is 3. The average molecular weight is 765 g/mol. The fraction of sp³-hybridized carbons (Fsp3) is 0.938. The first-order valence-corrected chi connectivity index (χ1v) is 21.2. The highest BCUT2D eigenvalue weighted by Gasteiger charge is 2.61. The number of carbonyl (C=O) groups excluding carboxylic acids is 3. The molecule has 54 heavy (non-hydrogen) atoms. The Bertz CT molecular complexity index is 1130. The van der Waals surface area contributed by atoms with Crippen LogP contribution in [-0.4, -0.2) is 36.2 Å². The number of hydrogen-bond donors (Lipinski definition) is 0. The van der Waals surface area contributed by atoms with Gasteiger partial charge >= 0.3 is 17.9 Å². The normalized spacial score (nSPS) is 36.1. The molecular weight excluding hydrogens is 673 g/mol. The summed E-state index contributed by atoms with van der Waals surface area (Å²) in [4.78, 5) is 36.4. The third-order valence-corrected chi connectivity index (χ3v) is 13.3. The lowest BCUT2D eigenvalue weighted by Gasteiger charge is -2.35. The summed E-state index contributed by atoms with van der Waals surface area (Å²) in [6.07, 6.45) is 15.4. The van der Waals surface area contributed by atoms with Crippen LogP contribution in [0.2, 0.25) is 0 Å². The van der Waals surface area contributed by atoms with Crippen LogP contribution < -0.4 is 0 Å². The lowest BCUT2D eigenvalue weighted by molar-refractivity contribution is -0.163. The molecule has 320 valence electrons. The van der Waals surface area contributed by atoms with Gasteiger partial charge in [-0.2, -0.15) is 0 Å². The van der Waals surface area contributed by atoms with Crippen LogP contribution in [0, 0.1) is 76.4 Å². The van der Waals surface area contributed by atoms with Gasteiger partial charge in [0.15, 0.2) is 0 Å². The molecule has 0 aliphatic heterocycles. The largest absolute Gasteiger partial charge is 0.469 e. The van der Waals surface area contributed by atoms with Crippen LogP contribution in [0.1, 0.15) is 196 Å². The molecule has 13 unspecified atom stereocenters. The highest BCUT2D eigenvalue weighted by Crippen LogP contribution is 2.65. The maximum Gasteiger partial charge on any atom is 0.311 e. The maximum atomic E-state index is 12.6. The SMILES string of the molecule is C.C.C.CCCC1CC(C)C2C3CC(C(=O)OC(C)(C)C)C(C3)C12.CCCC1CC(C)CC1(C)C(=O)OC.CCCC1CC(C)CC1C(=O)OC(C)(C)C. The van der Waals surface area contributed by atoms with Crippen molar-refractivity contribution in [1.29, 1.82) is 0 Å². The number of methoxy groups -OCH3 is 1. The zero-order valence-electron chi connectivity index (χ0n) is 35.6. The molecule has 0 aromatic heterocycles. The lowest BCUT2D eigenvalue weighted by atomic mass is 9.71. The topological polar surface area (TPSA) is 78.9 Å². The van der Waals surface area contributed by atoms with E-state index in [1.165, 1.54) is 45.6 Å². The van der Waals surface area contributed by atoms with E-state index in [0.717, 1.165) is 74.5 Å². The van der Waals surface area contributed by atoms with Crippen molar-refractivity contribution in [3.63, 3.8) is 0 Å². The Kier molecular flexibility index (Phi) is 21.2. The van der Waals surface area contributed by atoms with E-state index < -0.39 is 0 Å². The molecule has 0 radical (unpaired) electrons. The predicted molar refractivity (Wildman–Crippen MR) is 228 cm³/mol. The maximum absolute atomic E-state index is 12.6. The molecule has 0 amide bonds. The molecule has 6 heteroatoms. The van der Waals surface area contributed by atoms with Crippen LogP contribution in [0.5, 0.6) is 0 Å². The molecule has 0 aromatic carbocycles. The van der Waals surface area contributed by atoms with Crippen molar-refractivity contribution in [3.8, 4) is 0 Å². The summed E-state index contributed by atoms with van der Waals surface area (Å²) < 4.78 is 16.1. The van der Waals surface area contributed by atoms with Crippen LogP contribution in [-0.2, 0) is 28.6 Å². The molecule has 6 nitrogen and oxygen atoms in total. The summed E-state index contributed by atoms with van der Waals surface area (Å²) in [7, 11) is 1.50. The Morgan fingerprint density at radius 1 is 0.630 bits per heavy atom. The molecule has 0 saturated heterocycles. The zero-order chi connectivity index (χ0) is 38.5. The predicted octanol–water partition coefficient (Wildman–Crippen LogP) is 13.4. The minimum Gasteiger partial charge on any atom is -0.469 e. The van der Waals surface area contributed by atoms with Crippen molar-refractivity contribution in [1.82, 2.24) is 0 Å². The van der Waals surface area contributed by atoms with E-state index >= 15 is 0 Å². The monoisotopic (exact) mass is 765 g/mol. The Morgan fingerprint density at radius 2 is 1.15 bits per heavy atom. The first kappa shape index (κ1) is 52.4. The van der Waals surface area contributed by atoms with Crippen molar-refractivity contribution in [3.05, 3.63) is 0 Å². The van der Waals surface area contributed by atoms with Crippen molar-refractivity contribution in [2.45, 2.75) is 207 Å². The molecule has 0 heterocycles. The van der Waals surface area contributed by atoms with Crippen LogP contribution in [0.3, 0.4) is 0 Å². The number of rotatable bonds is 9. The quantitative estimate of drug-likeness (QED) is 0.172. The van der Waals surface area contributed by atoms with Crippen molar-refractivity contribution >= 4 is 17.9 Å². The second kappa shape index (κ2) is 21.8. The minimum atomic E-state index is -0.348. The zero-order valence-corrected chi connectivity index (χ0v) is 35.6. The highest BCUT2D eigenvalue weighted by molar-refractivity contribution is 5.77. The van der Waals surface area contributed by atoms with Gasteiger partial charge < -0.3 is 14.2 Å². The van der Waals surface area contributed by atoms with Crippen LogP contribution in [0.4, 0.5) is 0 Å². The van der Waals surface area contributed by atoms with Gasteiger partial charge in [0.2, 0.25) is 0 Å². The van der Waals surface area contributed by atoms with E-state index in [1.807, 2.05) is 41.5 Å². The second-order valence-corrected chi connectivity index (χ2v) is 20.2. The molecule has 2 bridgehead atoms. The van der Waals surface area contributed by atoms with Crippen LogP contribution >= 0.6 is 0 Å². The highest BCUT2D eigenvalue weighted by atomic mass is 16.6. The van der Waals surface area contributed by atoms with Crippen molar-refractivity contribution in [2.75, 3.05) is 7.11 Å². The number of esters is 3. The van der Waals surface area contributed by atoms with Gasteiger partial charge in [-0.3, -0.25) is 14.4 Å². The average Bonchev–Trinajstić information content (AvgIpc) is 3.82. The number of hydrogen-bond acceptors (Lipinski definition) is 6. The van der Waals surface area contributed by atoms with Gasteiger partial charge in [0, 0.05) is 0 Å². The van der Waals surface area contributed by atoms with Gasteiger partial charge in [-0.1, -0.05) is 89.5 Å². The Hall–Kier alpha value is -1.59. The van der Waals surface area contributed by atoms with Crippen LogP contribution in [0.15, 0.2) is 0 Å². The number of carbonyl (C=O) groups is 3. The first-order valence-electron chi connectivity index (χ1n) is 21.2. The molecule has 0 spiro atoms. The second-order valence-electron chi connectivity index (χ2n) is 20.2. The summed E-state index contributed by atoms with van der Waals surface area (Å²) in [6, 6.07) is 0. The van der Waals surface area contributed by atoms with Gasteiger partial charge in [-0.25, -0.2) is 0 Å². The molecule has 5 aliphatic carbocycles. The molecule has 0 aromatic rings. The van der Waals surface area contributed by atoms with E-state index in [9.17, 15) is 14.4 Å². The van der Waals surface area contributed by atoms with E-state index in [4.69, 9.17) is 14.2 Å². The molecule has 5 aliphatic rings. The Labute approximate surface area is 336 Å². The minimum absolute atomic E-state index is 0. The van der Waals surface area contributed by atoms with Gasteiger partial charge in [-0.15, -0.1) is 0 Å². The molecule has 5 rings (SSSR count). The van der Waals surface area contributed by atoms with Gasteiger partial charge in [0.25, 0.3) is 0 Å². The van der Waals surface area contributed by atoms with E-state index in [-0.39, 0.29) is 68.6 Å². The fourth-order valence-corrected chi connectivity index (χ4v) is 11.8. The fourth-order valence-electron chi connectivity index (χ4n) is 11.8. The third-order valence-electron chi connectivity index (χ3n) is 13.3. The summed E-state index contributed by atoms with van der Waals surface area (Å²) >= 11 is 0. The van der Waals surface area contributed by atoms with Gasteiger partial charge in [0.05, 0.1) is 24.4 Å². The smallest absolute Gasteiger partial charge is 0.311 e. The van der Waals surface area contributed by atoms with Crippen LogP contribution in [0.25, 0.3) is 0 Å². The molecular formula is C48H92O6. The van der Waals surface area contributed by atoms with E-state index in [1.54, 1.807) is 0 Å². The lowest BCUT2D eigenvalue weighted by Crippen LogP contribution is -2.37. The van der Waals surface area contributed by atoms with Gasteiger partial charge in [-0.05, 0) is 165 Å². The molecule has 13 atom stereocenters. The summed E-state index contributed by atoms with van der Waals surface area (Å²) in [6.45, 7) is 27.5. The summed E-state index contributed by atoms with van der Waals surface area (Å²) in [5.74, 6) is 7.74. The summed E-state index contributed by atoms with van der Waals surface area (Å²) in [5.41, 5.74) is -0.909.